The SMILES string of the molecule is Cc1ccc(-c2ccc(-c3sc(-c4ccc(C)s4)c(CCCC(F)(F)C(F)(F)C(F)(F)C(F)(F)C(F)(F)C(F)(F)F)c3CCCC(F)(F)C(F)(F)C(F)(F)C(F)(F)C(F)(F)C(F)(F)F)s2)cc1. The van der Waals surface area contributed by atoms with Crippen molar-refractivity contribution in [2.45, 2.75) is 124 Å². The highest BCUT2D eigenvalue weighted by Crippen LogP contribution is 2.63. The van der Waals surface area contributed by atoms with Crippen LogP contribution in [0.5, 0.6) is 0 Å². The average molecular weight is 1070 g/mol. The van der Waals surface area contributed by atoms with Gasteiger partial charge in [-0.1, -0.05) is 29.8 Å². The van der Waals surface area contributed by atoms with Crippen LogP contribution in [0.2, 0.25) is 0 Å². The number of thiophene rings is 3. The zero-order chi connectivity index (χ0) is 51.8. The Hall–Kier alpha value is -3.50. The summed E-state index contributed by atoms with van der Waals surface area (Å²) in [5.74, 6) is -77.3. The molecule has 0 radical (unpaired) electrons. The van der Waals surface area contributed by atoms with Crippen LogP contribution >= 0.6 is 34.0 Å². The minimum atomic E-state index is -8.22. The molecule has 0 N–H and O–H groups in total. The van der Waals surface area contributed by atoms with Crippen LogP contribution in [-0.2, 0) is 12.8 Å². The van der Waals surface area contributed by atoms with Crippen molar-refractivity contribution in [2.75, 3.05) is 0 Å². The van der Waals surface area contributed by atoms with Crippen molar-refractivity contribution in [1.82, 2.24) is 0 Å². The summed E-state index contributed by atoms with van der Waals surface area (Å²) in [5, 5.41) is 0. The second-order valence-corrected chi connectivity index (χ2v) is 18.3. The molecule has 0 aliphatic carbocycles. The fraction of sp³-hybridized carbons (Fsp3) is 0.526. The third-order valence-electron chi connectivity index (χ3n) is 10.1. The number of alkyl halides is 26. The Kier molecular flexibility index (Phi) is 14.8. The largest absolute Gasteiger partial charge is 0.460 e. The van der Waals surface area contributed by atoms with Crippen molar-refractivity contribution >= 4 is 34.0 Å². The van der Waals surface area contributed by atoms with Crippen molar-refractivity contribution in [3.63, 3.8) is 0 Å². The Labute approximate surface area is 371 Å². The summed E-state index contributed by atoms with van der Waals surface area (Å²) in [5.41, 5.74) is 0.298. The first kappa shape index (κ1) is 56.1. The summed E-state index contributed by atoms with van der Waals surface area (Å²) in [6.45, 7) is 3.16. The van der Waals surface area contributed by atoms with Gasteiger partial charge in [0.2, 0.25) is 0 Å². The first-order chi connectivity index (χ1) is 29.9. The highest BCUT2D eigenvalue weighted by Gasteiger charge is 2.92. The van der Waals surface area contributed by atoms with Gasteiger partial charge in [-0.15, -0.1) is 34.0 Å². The zero-order valence-electron chi connectivity index (χ0n) is 32.9. The van der Waals surface area contributed by atoms with Crippen LogP contribution in [0.4, 0.5) is 114 Å². The van der Waals surface area contributed by atoms with Gasteiger partial charge in [0, 0.05) is 42.1 Å². The first-order valence-corrected chi connectivity index (χ1v) is 20.6. The van der Waals surface area contributed by atoms with Crippen LogP contribution in [0, 0.1) is 13.8 Å². The monoisotopic (exact) mass is 1070 g/mol. The van der Waals surface area contributed by atoms with E-state index in [-0.39, 0.29) is 19.5 Å². The number of halogens is 26. The van der Waals surface area contributed by atoms with Gasteiger partial charge in [0.05, 0.1) is 0 Å². The van der Waals surface area contributed by atoms with Gasteiger partial charge in [0.25, 0.3) is 0 Å². The van der Waals surface area contributed by atoms with E-state index in [2.05, 4.69) is 0 Å². The molecule has 4 rings (SSSR count). The lowest BCUT2D eigenvalue weighted by Gasteiger charge is -2.39. The lowest BCUT2D eigenvalue weighted by Crippen LogP contribution is -2.70. The molecule has 0 saturated carbocycles. The molecule has 0 atom stereocenters. The molecule has 67 heavy (non-hydrogen) atoms. The predicted molar refractivity (Wildman–Crippen MR) is 193 cm³/mol. The van der Waals surface area contributed by atoms with Crippen LogP contribution < -0.4 is 0 Å². The van der Waals surface area contributed by atoms with Crippen LogP contribution in [-0.4, -0.2) is 71.6 Å². The van der Waals surface area contributed by atoms with Gasteiger partial charge < -0.3 is 0 Å². The Morgan fingerprint density at radius 2 is 0.672 bits per heavy atom. The molecule has 0 unspecified atom stereocenters. The van der Waals surface area contributed by atoms with Crippen molar-refractivity contribution in [3.05, 3.63) is 70.1 Å². The van der Waals surface area contributed by atoms with E-state index in [4.69, 9.17) is 0 Å². The van der Waals surface area contributed by atoms with Crippen LogP contribution in [0.25, 0.3) is 29.9 Å². The highest BCUT2D eigenvalue weighted by molar-refractivity contribution is 7.27. The van der Waals surface area contributed by atoms with E-state index in [1.807, 2.05) is 0 Å². The Balaban J connectivity index is 1.82. The van der Waals surface area contributed by atoms with Crippen molar-refractivity contribution in [3.8, 4) is 29.9 Å². The predicted octanol–water partition coefficient (Wildman–Crippen LogP) is 17.6. The Morgan fingerprint density at radius 3 is 1.01 bits per heavy atom. The molecule has 0 fully saturated rings. The average Bonchev–Trinajstić information content (AvgIpc) is 3.92. The van der Waals surface area contributed by atoms with Gasteiger partial charge in [-0.05, 0) is 80.5 Å². The maximum atomic E-state index is 14.9. The van der Waals surface area contributed by atoms with Gasteiger partial charge >= 0.3 is 71.6 Å². The third-order valence-corrected chi connectivity index (χ3v) is 13.8. The Bertz CT molecular complexity index is 2340. The maximum Gasteiger partial charge on any atom is 0.460 e. The van der Waals surface area contributed by atoms with E-state index in [0.717, 1.165) is 28.2 Å². The third kappa shape index (κ3) is 9.34. The molecule has 0 aliphatic rings. The molecule has 1 aromatic carbocycles. The van der Waals surface area contributed by atoms with E-state index in [9.17, 15) is 114 Å². The molecule has 0 amide bonds. The quantitative estimate of drug-likeness (QED) is 0.0821. The lowest BCUT2D eigenvalue weighted by atomic mass is 9.89. The number of rotatable bonds is 19. The minimum absolute atomic E-state index is 0.0679. The summed E-state index contributed by atoms with van der Waals surface area (Å²) < 4.78 is 360. The standard InChI is InChI=1S/C38H26F26S3/c1-17-7-10-19(11-8-17)22-13-14-24(66-22)26-21(6-4-16-28(41,42)30(45,46)32(49,50)34(53,54)36(57,58)38(62,63)64)20(25(67-26)23-12-9-18(2)65-23)5-3-15-27(39,40)29(43,44)31(47,48)33(51,52)35(55,56)37(59,60)61/h7-14H,3-6,15-16H2,1-2H3. The zero-order valence-corrected chi connectivity index (χ0v) is 35.4. The van der Waals surface area contributed by atoms with Crippen molar-refractivity contribution in [2.24, 2.45) is 0 Å². The first-order valence-electron chi connectivity index (χ1n) is 18.2. The second-order valence-electron chi connectivity index (χ2n) is 14.9. The molecule has 3 heterocycles. The summed E-state index contributed by atoms with van der Waals surface area (Å²) in [7, 11) is 0. The van der Waals surface area contributed by atoms with Gasteiger partial charge in [-0.3, -0.25) is 0 Å². The Morgan fingerprint density at radius 1 is 0.343 bits per heavy atom. The van der Waals surface area contributed by atoms with E-state index < -0.39 is 121 Å². The smallest absolute Gasteiger partial charge is 0.200 e. The highest BCUT2D eigenvalue weighted by atomic mass is 32.1. The molecule has 3 aromatic heterocycles. The molecular weight excluding hydrogens is 1050 g/mol. The summed E-state index contributed by atoms with van der Waals surface area (Å²) >= 11 is 2.32. The molecule has 4 aromatic rings. The fourth-order valence-corrected chi connectivity index (χ4v) is 9.76. The molecular formula is C38H26F26S3. The molecule has 0 nitrogen and oxygen atoms in total. The molecule has 29 heteroatoms. The number of aryl methyl sites for hydroxylation is 2. The number of hydrogen-bond acceptors (Lipinski definition) is 3. The van der Waals surface area contributed by atoms with E-state index in [0.29, 0.717) is 26.7 Å². The van der Waals surface area contributed by atoms with Crippen molar-refractivity contribution in [1.29, 1.82) is 0 Å². The summed E-state index contributed by atoms with van der Waals surface area (Å²) in [4.78, 5) is 0.693. The molecule has 0 aliphatic heterocycles. The van der Waals surface area contributed by atoms with E-state index >= 15 is 0 Å². The molecule has 0 spiro atoms. The maximum absolute atomic E-state index is 14.9. The van der Waals surface area contributed by atoms with Gasteiger partial charge in [-0.2, -0.15) is 114 Å². The molecule has 378 valence electrons. The van der Waals surface area contributed by atoms with Crippen LogP contribution in [0.15, 0.2) is 48.5 Å². The number of hydrogen-bond donors (Lipinski definition) is 0. The van der Waals surface area contributed by atoms with Gasteiger partial charge in [0.1, 0.15) is 0 Å². The summed E-state index contributed by atoms with van der Waals surface area (Å²) in [6.07, 6.45) is -26.6. The van der Waals surface area contributed by atoms with Crippen LogP contribution in [0.3, 0.4) is 0 Å². The lowest BCUT2D eigenvalue weighted by molar-refractivity contribution is -0.440. The normalized spacial score (nSPS) is 14.9. The number of benzene rings is 1. The van der Waals surface area contributed by atoms with E-state index in [1.165, 1.54) is 31.2 Å². The van der Waals surface area contributed by atoms with Crippen LogP contribution in [0.1, 0.15) is 47.3 Å². The second kappa shape index (κ2) is 17.7. The van der Waals surface area contributed by atoms with Crippen molar-refractivity contribution < 1.29 is 114 Å². The fourth-order valence-electron chi connectivity index (χ4n) is 6.21. The topological polar surface area (TPSA) is 0 Å². The van der Waals surface area contributed by atoms with Gasteiger partial charge in [0.15, 0.2) is 0 Å². The molecule has 0 bridgehead atoms. The minimum Gasteiger partial charge on any atom is -0.200 e. The van der Waals surface area contributed by atoms with E-state index in [1.54, 1.807) is 31.2 Å². The summed E-state index contributed by atoms with van der Waals surface area (Å²) in [6, 6.07) is 11.9. The van der Waals surface area contributed by atoms with Gasteiger partial charge in [-0.25, -0.2) is 0 Å². The molecule has 0 saturated heterocycles.